The SMILES string of the molecule is C=C(CCCCCC(/C=C\C)C(O)/C=C/C1CCC=C(C)C1)CC(C)CC1CC=CCC1.CC.CO.O=CO. The van der Waals surface area contributed by atoms with E-state index >= 15 is 0 Å². The molecule has 0 saturated carbocycles. The Balaban J connectivity index is 0. The molecule has 0 fully saturated rings. The normalized spacial score (nSPS) is 20.8. The number of hydrogen-bond donors (Lipinski definition) is 3. The van der Waals surface area contributed by atoms with Gasteiger partial charge in [0.15, 0.2) is 0 Å². The Labute approximate surface area is 241 Å². The zero-order valence-corrected chi connectivity index (χ0v) is 26.2. The van der Waals surface area contributed by atoms with Gasteiger partial charge in [0.05, 0.1) is 6.10 Å². The highest BCUT2D eigenvalue weighted by Crippen LogP contribution is 2.29. The third-order valence-electron chi connectivity index (χ3n) is 7.39. The number of carboxylic acid groups (broad SMARTS) is 1. The minimum Gasteiger partial charge on any atom is -0.483 e. The minimum atomic E-state index is -0.358. The van der Waals surface area contributed by atoms with Crippen LogP contribution in [-0.2, 0) is 4.79 Å². The first-order chi connectivity index (χ1) is 18.9. The molecule has 0 aromatic carbocycles. The predicted octanol–water partition coefficient (Wildman–Crippen LogP) is 9.46. The number of aliphatic hydroxyl groups excluding tert-OH is 2. The van der Waals surface area contributed by atoms with E-state index in [1.54, 1.807) is 0 Å². The second-order valence-electron chi connectivity index (χ2n) is 10.8. The molecule has 0 aromatic rings. The van der Waals surface area contributed by atoms with Crippen molar-refractivity contribution < 1.29 is 20.1 Å². The molecule has 0 heterocycles. The average molecular weight is 547 g/mol. The molecule has 0 saturated heterocycles. The molecular formula is C35H62O4. The molecule has 0 aromatic heterocycles. The van der Waals surface area contributed by atoms with E-state index in [0.29, 0.717) is 5.92 Å². The van der Waals surface area contributed by atoms with E-state index in [0.717, 1.165) is 31.8 Å². The van der Waals surface area contributed by atoms with Gasteiger partial charge in [-0.1, -0.05) is 93.9 Å². The van der Waals surface area contributed by atoms with Crippen molar-refractivity contribution in [1.82, 2.24) is 0 Å². The highest BCUT2D eigenvalue weighted by Gasteiger charge is 2.16. The van der Waals surface area contributed by atoms with Crippen LogP contribution < -0.4 is 0 Å². The van der Waals surface area contributed by atoms with E-state index in [9.17, 15) is 5.11 Å². The summed E-state index contributed by atoms with van der Waals surface area (Å²) in [5.41, 5.74) is 2.93. The first-order valence-corrected chi connectivity index (χ1v) is 15.4. The Morgan fingerprint density at radius 3 is 2.38 bits per heavy atom. The fourth-order valence-electron chi connectivity index (χ4n) is 5.60. The van der Waals surface area contributed by atoms with Gasteiger partial charge in [-0.3, -0.25) is 4.79 Å². The van der Waals surface area contributed by atoms with Crippen LogP contribution in [0.15, 0.2) is 60.3 Å². The molecule has 2 rings (SSSR count). The lowest BCUT2D eigenvalue weighted by Gasteiger charge is -2.22. The summed E-state index contributed by atoms with van der Waals surface area (Å²) in [5, 5.41) is 24.6. The van der Waals surface area contributed by atoms with Crippen LogP contribution in [0.1, 0.15) is 118 Å². The maximum absolute atomic E-state index is 10.7. The third kappa shape index (κ3) is 21.6. The summed E-state index contributed by atoms with van der Waals surface area (Å²) >= 11 is 0. The van der Waals surface area contributed by atoms with Gasteiger partial charge in [-0.05, 0) is 102 Å². The zero-order valence-electron chi connectivity index (χ0n) is 26.2. The fourth-order valence-corrected chi connectivity index (χ4v) is 5.60. The topological polar surface area (TPSA) is 77.8 Å². The van der Waals surface area contributed by atoms with Crippen LogP contribution in [0.25, 0.3) is 0 Å². The summed E-state index contributed by atoms with van der Waals surface area (Å²) in [6.07, 6.45) is 31.3. The summed E-state index contributed by atoms with van der Waals surface area (Å²) in [7, 11) is 1.00. The van der Waals surface area contributed by atoms with Crippen molar-refractivity contribution in [1.29, 1.82) is 0 Å². The van der Waals surface area contributed by atoms with Gasteiger partial charge in [0.25, 0.3) is 6.47 Å². The van der Waals surface area contributed by atoms with E-state index < -0.39 is 0 Å². The van der Waals surface area contributed by atoms with Gasteiger partial charge in [-0.2, -0.15) is 0 Å². The van der Waals surface area contributed by atoms with Crippen molar-refractivity contribution in [3.8, 4) is 0 Å². The quantitative estimate of drug-likeness (QED) is 0.115. The van der Waals surface area contributed by atoms with E-state index in [4.69, 9.17) is 15.0 Å². The van der Waals surface area contributed by atoms with Crippen LogP contribution in [0.4, 0.5) is 0 Å². The van der Waals surface area contributed by atoms with Crippen molar-refractivity contribution in [3.63, 3.8) is 0 Å². The van der Waals surface area contributed by atoms with Crippen molar-refractivity contribution in [2.75, 3.05) is 7.11 Å². The molecule has 226 valence electrons. The molecule has 5 atom stereocenters. The van der Waals surface area contributed by atoms with E-state index in [-0.39, 0.29) is 18.5 Å². The molecular weight excluding hydrogens is 484 g/mol. The maximum Gasteiger partial charge on any atom is 0.290 e. The van der Waals surface area contributed by atoms with Crippen LogP contribution >= 0.6 is 0 Å². The molecule has 4 nitrogen and oxygen atoms in total. The van der Waals surface area contributed by atoms with Gasteiger partial charge in [0, 0.05) is 13.0 Å². The smallest absolute Gasteiger partial charge is 0.290 e. The number of aliphatic hydroxyl groups is 2. The van der Waals surface area contributed by atoms with Crippen LogP contribution in [0.5, 0.6) is 0 Å². The molecule has 2 aliphatic carbocycles. The lowest BCUT2D eigenvalue weighted by Crippen LogP contribution is -2.16. The lowest BCUT2D eigenvalue weighted by atomic mass is 9.84. The van der Waals surface area contributed by atoms with E-state index in [1.807, 2.05) is 13.8 Å². The van der Waals surface area contributed by atoms with Gasteiger partial charge in [-0.15, -0.1) is 0 Å². The monoisotopic (exact) mass is 546 g/mol. The summed E-state index contributed by atoms with van der Waals surface area (Å²) in [6.45, 7) is 14.8. The fraction of sp³-hybridized carbons (Fsp3) is 0.686. The van der Waals surface area contributed by atoms with Crippen molar-refractivity contribution in [3.05, 3.63) is 60.3 Å². The number of hydrogen-bond acceptors (Lipinski definition) is 3. The van der Waals surface area contributed by atoms with Crippen LogP contribution in [-0.4, -0.2) is 35.0 Å². The second kappa shape index (κ2) is 27.6. The Morgan fingerprint density at radius 1 is 1.10 bits per heavy atom. The minimum absolute atomic E-state index is 0.240. The van der Waals surface area contributed by atoms with E-state index in [1.165, 1.54) is 81.8 Å². The van der Waals surface area contributed by atoms with Gasteiger partial charge in [0.1, 0.15) is 0 Å². The standard InChI is InChI=1S/C31H50O.C2H6.CH2O2.CH4O/c1-5-13-30(31(32)21-20-29-18-12-15-26(3)23-29)19-11-6-8-14-25(2)22-27(4)24-28-16-9-7-10-17-28;1-2;2-1-3;1-2/h5,7,9,13,15,20-21,27-32H,2,6,8,10-12,14,16-19,22-24H2,1,3-4H3;1-2H3;1H,(H,2,3);2H,1H3/b13-5-,21-20+;;;. The molecule has 0 radical (unpaired) electrons. The highest BCUT2D eigenvalue weighted by molar-refractivity contribution is 5.32. The highest BCUT2D eigenvalue weighted by atomic mass is 16.3. The van der Waals surface area contributed by atoms with Crippen molar-refractivity contribution in [2.45, 2.75) is 124 Å². The van der Waals surface area contributed by atoms with Gasteiger partial charge < -0.3 is 15.3 Å². The lowest BCUT2D eigenvalue weighted by molar-refractivity contribution is -0.122. The largest absolute Gasteiger partial charge is 0.483 e. The van der Waals surface area contributed by atoms with Crippen molar-refractivity contribution in [2.24, 2.45) is 23.7 Å². The maximum atomic E-state index is 10.7. The summed E-state index contributed by atoms with van der Waals surface area (Å²) in [4.78, 5) is 8.36. The van der Waals surface area contributed by atoms with Gasteiger partial charge in [-0.25, -0.2) is 0 Å². The van der Waals surface area contributed by atoms with Crippen LogP contribution in [0.3, 0.4) is 0 Å². The molecule has 5 unspecified atom stereocenters. The Kier molecular flexibility index (Phi) is 27.8. The molecule has 0 spiro atoms. The molecule has 3 N–H and O–H groups in total. The van der Waals surface area contributed by atoms with Crippen molar-refractivity contribution >= 4 is 6.47 Å². The molecule has 4 heteroatoms. The first kappa shape index (κ1) is 39.2. The number of allylic oxidation sites excluding steroid dienone is 7. The molecule has 0 amide bonds. The molecule has 2 aliphatic rings. The summed E-state index contributed by atoms with van der Waals surface area (Å²) in [6, 6.07) is 0. The number of carbonyl (C=O) groups is 1. The van der Waals surface area contributed by atoms with Crippen LogP contribution in [0, 0.1) is 23.7 Å². The number of rotatable bonds is 14. The summed E-state index contributed by atoms with van der Waals surface area (Å²) in [5.74, 6) is 2.50. The van der Waals surface area contributed by atoms with E-state index in [2.05, 4.69) is 69.9 Å². The summed E-state index contributed by atoms with van der Waals surface area (Å²) < 4.78 is 0. The second-order valence-corrected chi connectivity index (χ2v) is 10.8. The third-order valence-corrected chi connectivity index (χ3v) is 7.39. The molecule has 0 aliphatic heterocycles. The predicted molar refractivity (Wildman–Crippen MR) is 170 cm³/mol. The zero-order chi connectivity index (χ0) is 29.9. The Hall–Kier alpha value is -1.91. The average Bonchev–Trinajstić information content (AvgIpc) is 2.94. The Bertz CT molecular complexity index is 703. The van der Waals surface area contributed by atoms with Gasteiger partial charge in [0.2, 0.25) is 0 Å². The van der Waals surface area contributed by atoms with Gasteiger partial charge >= 0.3 is 0 Å². The van der Waals surface area contributed by atoms with Crippen LogP contribution in [0.2, 0.25) is 0 Å². The first-order valence-electron chi connectivity index (χ1n) is 15.4. The Morgan fingerprint density at radius 2 is 1.79 bits per heavy atom. The molecule has 39 heavy (non-hydrogen) atoms. The molecule has 0 bridgehead atoms. The number of unbranched alkanes of at least 4 members (excludes halogenated alkanes) is 2.